The maximum absolute atomic E-state index is 12.6. The smallest absolute Gasteiger partial charge is 0.343 e. The predicted octanol–water partition coefficient (Wildman–Crippen LogP) is 4.79. The first-order valence-corrected chi connectivity index (χ1v) is 7.37. The topological polar surface area (TPSA) is 23.4 Å². The van der Waals surface area contributed by atoms with Crippen molar-refractivity contribution in [2.45, 2.75) is 19.3 Å². The fraction of sp³-hybridized carbons (Fsp3) is 0.222. The highest BCUT2D eigenvalue weighted by atomic mass is 19.4. The zero-order valence-electron chi connectivity index (χ0n) is 13.0. The van der Waals surface area contributed by atoms with E-state index in [-0.39, 0.29) is 0 Å². The van der Waals surface area contributed by atoms with Gasteiger partial charge in [-0.05, 0) is 29.1 Å². The molecule has 0 amide bonds. The van der Waals surface area contributed by atoms with Crippen LogP contribution in [0.5, 0.6) is 0 Å². The van der Waals surface area contributed by atoms with Gasteiger partial charge in [-0.25, -0.2) is 9.78 Å². The molecule has 3 aromatic rings. The van der Waals surface area contributed by atoms with Gasteiger partial charge >= 0.3 is 6.18 Å². The van der Waals surface area contributed by atoms with Crippen LogP contribution in [0.3, 0.4) is 0 Å². The van der Waals surface area contributed by atoms with Gasteiger partial charge in [0.1, 0.15) is 6.61 Å². The van der Waals surface area contributed by atoms with Gasteiger partial charge in [-0.15, -0.1) is 0 Å². The molecule has 0 aliphatic rings. The lowest BCUT2D eigenvalue weighted by Gasteiger charge is -2.11. The molecule has 0 spiro atoms. The number of aromatic nitrogens is 1. The molecule has 0 saturated carbocycles. The van der Waals surface area contributed by atoms with Gasteiger partial charge in [0, 0.05) is 18.3 Å². The van der Waals surface area contributed by atoms with E-state index in [0.29, 0.717) is 13.2 Å². The van der Waals surface area contributed by atoms with Crippen LogP contribution in [-0.2, 0) is 29.1 Å². The minimum absolute atomic E-state index is 0.296. The Morgan fingerprint density at radius 1 is 1.00 bits per heavy atom. The highest BCUT2D eigenvalue weighted by Gasteiger charge is 2.29. The molecule has 1 aromatic heterocycles. The molecule has 126 valence electrons. The third kappa shape index (κ3) is 3.44. The summed E-state index contributed by atoms with van der Waals surface area (Å²) in [5.41, 5.74) is 2.08. The van der Waals surface area contributed by atoms with Gasteiger partial charge in [-0.3, -0.25) is 0 Å². The summed E-state index contributed by atoms with van der Waals surface area (Å²) in [7, 11) is 1.45. The van der Waals surface area contributed by atoms with E-state index in [1.807, 2.05) is 35.0 Å². The highest BCUT2D eigenvalue weighted by molar-refractivity contribution is 5.83. The second-order valence-electron chi connectivity index (χ2n) is 5.42. The monoisotopic (exact) mass is 335 g/mol. The van der Waals surface area contributed by atoms with Crippen molar-refractivity contribution in [1.82, 2.24) is 4.57 Å². The predicted molar refractivity (Wildman–Crippen MR) is 84.3 cm³/mol. The summed E-state index contributed by atoms with van der Waals surface area (Å²) in [6.45, 7) is 0.774. The van der Waals surface area contributed by atoms with E-state index in [0.717, 1.165) is 34.2 Å². The third-order valence-electron chi connectivity index (χ3n) is 3.84. The average Bonchev–Trinajstić information content (AvgIpc) is 2.96. The van der Waals surface area contributed by atoms with Crippen LogP contribution in [0.15, 0.2) is 54.7 Å². The molecule has 6 heteroatoms. The van der Waals surface area contributed by atoms with Crippen molar-refractivity contribution in [2.75, 3.05) is 7.11 Å². The number of rotatable bonds is 5. The Bertz CT molecular complexity index is 822. The largest absolute Gasteiger partial charge is 0.416 e. The third-order valence-corrected chi connectivity index (χ3v) is 3.84. The van der Waals surface area contributed by atoms with Crippen LogP contribution in [0.2, 0.25) is 0 Å². The van der Waals surface area contributed by atoms with E-state index >= 15 is 0 Å². The molecule has 3 nitrogen and oxygen atoms in total. The Balaban J connectivity index is 1.90. The van der Waals surface area contributed by atoms with E-state index in [1.165, 1.54) is 19.2 Å². The van der Waals surface area contributed by atoms with Crippen molar-refractivity contribution in [1.29, 1.82) is 0 Å². The molecule has 0 saturated heterocycles. The van der Waals surface area contributed by atoms with Crippen molar-refractivity contribution in [3.63, 3.8) is 0 Å². The Kier molecular flexibility index (Phi) is 4.59. The van der Waals surface area contributed by atoms with Crippen LogP contribution < -0.4 is 0 Å². The van der Waals surface area contributed by atoms with E-state index < -0.39 is 11.7 Å². The Labute approximate surface area is 137 Å². The van der Waals surface area contributed by atoms with Crippen molar-refractivity contribution < 1.29 is 22.9 Å². The molecule has 3 rings (SSSR count). The zero-order valence-corrected chi connectivity index (χ0v) is 13.0. The van der Waals surface area contributed by atoms with Crippen LogP contribution in [0.4, 0.5) is 13.2 Å². The number of nitrogens with zero attached hydrogens (tertiary/aromatic N) is 1. The van der Waals surface area contributed by atoms with Gasteiger partial charge in [-0.1, -0.05) is 30.3 Å². The lowest BCUT2D eigenvalue weighted by Crippen LogP contribution is -2.06. The van der Waals surface area contributed by atoms with Crippen LogP contribution in [0.25, 0.3) is 10.9 Å². The summed E-state index contributed by atoms with van der Waals surface area (Å²) in [5.74, 6) is 0. The summed E-state index contributed by atoms with van der Waals surface area (Å²) in [4.78, 5) is 9.68. The lowest BCUT2D eigenvalue weighted by atomic mass is 10.1. The second-order valence-corrected chi connectivity index (χ2v) is 5.42. The van der Waals surface area contributed by atoms with Gasteiger partial charge in [0.2, 0.25) is 0 Å². The molecular formula is C18H16F3NO2. The number of para-hydroxylation sites is 1. The summed E-state index contributed by atoms with van der Waals surface area (Å²) < 4.78 is 39.9. The number of halogens is 3. The fourth-order valence-corrected chi connectivity index (χ4v) is 2.71. The Morgan fingerprint density at radius 2 is 1.75 bits per heavy atom. The first-order chi connectivity index (χ1) is 11.5. The van der Waals surface area contributed by atoms with Crippen molar-refractivity contribution in [2.24, 2.45) is 0 Å². The maximum Gasteiger partial charge on any atom is 0.416 e. The quantitative estimate of drug-likeness (QED) is 0.494. The van der Waals surface area contributed by atoms with Crippen LogP contribution in [0, 0.1) is 0 Å². The average molecular weight is 335 g/mol. The molecule has 0 fully saturated rings. The van der Waals surface area contributed by atoms with Crippen LogP contribution >= 0.6 is 0 Å². The van der Waals surface area contributed by atoms with E-state index in [4.69, 9.17) is 4.89 Å². The van der Waals surface area contributed by atoms with Crippen LogP contribution in [-0.4, -0.2) is 11.7 Å². The Morgan fingerprint density at radius 3 is 2.42 bits per heavy atom. The molecular weight excluding hydrogens is 319 g/mol. The van der Waals surface area contributed by atoms with E-state index in [9.17, 15) is 13.2 Å². The molecule has 0 atom stereocenters. The summed E-state index contributed by atoms with van der Waals surface area (Å²) in [6, 6.07) is 13.0. The number of hydrogen-bond acceptors (Lipinski definition) is 2. The van der Waals surface area contributed by atoms with E-state index in [2.05, 4.69) is 4.89 Å². The molecule has 0 bridgehead atoms. The van der Waals surface area contributed by atoms with Gasteiger partial charge in [0.25, 0.3) is 0 Å². The first kappa shape index (κ1) is 16.5. The number of hydrogen-bond donors (Lipinski definition) is 0. The molecule has 0 radical (unpaired) electrons. The molecule has 0 aliphatic carbocycles. The van der Waals surface area contributed by atoms with Gasteiger partial charge in [0.05, 0.1) is 18.2 Å². The molecule has 0 unspecified atom stereocenters. The number of alkyl halides is 3. The van der Waals surface area contributed by atoms with Gasteiger partial charge in [-0.2, -0.15) is 13.2 Å². The lowest BCUT2D eigenvalue weighted by molar-refractivity contribution is -0.282. The standard InChI is InChI=1S/C18H16F3NO2/c1-23-24-12-15-4-2-3-14-9-10-22(17(14)15)11-13-5-7-16(8-6-13)18(19,20)21/h2-10H,11-12H2,1H3. The van der Waals surface area contributed by atoms with Crippen molar-refractivity contribution >= 4 is 10.9 Å². The molecule has 0 aliphatic heterocycles. The summed E-state index contributed by atoms with van der Waals surface area (Å²) in [6.07, 6.45) is -2.40. The summed E-state index contributed by atoms with van der Waals surface area (Å²) >= 11 is 0. The van der Waals surface area contributed by atoms with Crippen LogP contribution in [0.1, 0.15) is 16.7 Å². The van der Waals surface area contributed by atoms with E-state index in [1.54, 1.807) is 0 Å². The highest BCUT2D eigenvalue weighted by Crippen LogP contribution is 2.29. The minimum Gasteiger partial charge on any atom is -0.343 e. The van der Waals surface area contributed by atoms with Gasteiger partial charge in [0.15, 0.2) is 0 Å². The van der Waals surface area contributed by atoms with Crippen molar-refractivity contribution in [3.05, 3.63) is 71.4 Å². The number of fused-ring (bicyclic) bond motifs is 1. The molecule has 24 heavy (non-hydrogen) atoms. The number of benzene rings is 2. The van der Waals surface area contributed by atoms with Gasteiger partial charge < -0.3 is 4.57 Å². The molecule has 1 heterocycles. The first-order valence-electron chi connectivity index (χ1n) is 7.37. The second kappa shape index (κ2) is 6.67. The Hall–Kier alpha value is -2.31. The fourth-order valence-electron chi connectivity index (χ4n) is 2.71. The SMILES string of the molecule is COOCc1cccc2ccn(Cc3ccc(C(F)(F)F)cc3)c12. The maximum atomic E-state index is 12.6. The normalized spacial score (nSPS) is 12.0. The molecule has 0 N–H and O–H groups in total. The minimum atomic E-state index is -4.32. The zero-order chi connectivity index (χ0) is 17.2. The molecule has 2 aromatic carbocycles. The van der Waals surface area contributed by atoms with Crippen molar-refractivity contribution in [3.8, 4) is 0 Å². The summed E-state index contributed by atoms with van der Waals surface area (Å²) in [5, 5.41) is 1.04.